The van der Waals surface area contributed by atoms with E-state index in [0.29, 0.717) is 0 Å². The molecule has 1 aliphatic carbocycles. The van der Waals surface area contributed by atoms with Crippen molar-refractivity contribution >= 4 is 33.5 Å². The lowest BCUT2D eigenvalue weighted by Crippen LogP contribution is -2.29. The quantitative estimate of drug-likeness (QED) is 0.117. The summed E-state index contributed by atoms with van der Waals surface area (Å²) in [5, 5.41) is 31.6. The minimum atomic E-state index is -2.23. The second-order valence-electron chi connectivity index (χ2n) is 9.57. The molecule has 1 unspecified atom stereocenters. The first kappa shape index (κ1) is 29.7. The van der Waals surface area contributed by atoms with Crippen molar-refractivity contribution in [3.63, 3.8) is 0 Å². The molecule has 2 aromatic carbocycles. The standard InChI is InChI=1S/C28H4F8N10O2/c29-11-13(31)17(35)21-19(15(11)33)42-27(47-21)25-44-24(8(5-39)23-40-9-1-6(3-37)7(4-38)2-10(9)41-23)45-26(46-25)28-43-20-16(34)12(30)14(32)18(36)22(20)48-28/h1-2,9,40H/b23-8+. The molecule has 0 fully saturated rings. The van der Waals surface area contributed by atoms with Gasteiger partial charge < -0.3 is 14.2 Å². The van der Waals surface area contributed by atoms with Gasteiger partial charge in [-0.05, 0) is 12.2 Å². The summed E-state index contributed by atoms with van der Waals surface area (Å²) in [6.45, 7) is 0. The fourth-order valence-corrected chi connectivity index (χ4v) is 4.61. The van der Waals surface area contributed by atoms with E-state index in [1.165, 1.54) is 12.2 Å². The fourth-order valence-electron chi connectivity index (χ4n) is 4.61. The Morgan fingerprint density at radius 2 is 1.15 bits per heavy atom. The number of oxazole rings is 2. The second-order valence-corrected chi connectivity index (χ2v) is 9.57. The van der Waals surface area contributed by atoms with Crippen LogP contribution in [0.15, 0.2) is 42.9 Å². The molecule has 4 heterocycles. The molecule has 0 amide bonds. The number of nitriles is 3. The molecule has 20 heteroatoms. The number of benzene rings is 2. The van der Waals surface area contributed by atoms with E-state index in [-0.39, 0.29) is 22.7 Å². The Labute approximate surface area is 257 Å². The highest BCUT2D eigenvalue weighted by Gasteiger charge is 2.32. The molecule has 12 nitrogen and oxygen atoms in total. The van der Waals surface area contributed by atoms with Gasteiger partial charge in [-0.2, -0.15) is 29.6 Å². The van der Waals surface area contributed by atoms with Crippen LogP contribution in [0.3, 0.4) is 0 Å². The number of rotatable bonds is 3. The first-order valence-corrected chi connectivity index (χ1v) is 12.7. The fraction of sp³-hybridized carbons (Fsp3) is 0.0357. The molecule has 1 atom stereocenters. The lowest BCUT2D eigenvalue weighted by Gasteiger charge is -2.13. The van der Waals surface area contributed by atoms with Crippen molar-refractivity contribution in [3.8, 4) is 41.6 Å². The molecule has 0 spiro atoms. The molecular formula is C28H4F8N10O2. The number of nitrogens with zero attached hydrogens (tertiary/aromatic N) is 9. The summed E-state index contributed by atoms with van der Waals surface area (Å²) in [6.07, 6.45) is 2.60. The molecule has 7 rings (SSSR count). The third-order valence-electron chi connectivity index (χ3n) is 6.82. The summed E-state index contributed by atoms with van der Waals surface area (Å²) in [5.41, 5.74) is -5.12. The number of hydrogen-bond acceptors (Lipinski definition) is 12. The lowest BCUT2D eigenvalue weighted by atomic mass is 9.95. The normalized spacial score (nSPS) is 16.4. The maximum Gasteiger partial charge on any atom is 0.266 e. The Kier molecular flexibility index (Phi) is 6.51. The number of halogens is 8. The van der Waals surface area contributed by atoms with Crippen LogP contribution in [0, 0.1) is 80.5 Å². The molecule has 0 saturated heterocycles. The molecule has 234 valence electrons. The Hall–Kier alpha value is -7.01. The van der Waals surface area contributed by atoms with Gasteiger partial charge >= 0.3 is 0 Å². The van der Waals surface area contributed by atoms with Crippen molar-refractivity contribution in [3.05, 3.63) is 81.5 Å². The second kappa shape index (κ2) is 10.5. The predicted molar refractivity (Wildman–Crippen MR) is 140 cm³/mol. The number of hydrogen-bond donors (Lipinski definition) is 1. The van der Waals surface area contributed by atoms with Crippen molar-refractivity contribution in [1.29, 1.82) is 15.8 Å². The summed E-state index contributed by atoms with van der Waals surface area (Å²) >= 11 is 0. The maximum absolute atomic E-state index is 14.5. The number of aromatic nitrogens is 5. The van der Waals surface area contributed by atoms with E-state index in [2.05, 4.69) is 35.2 Å². The van der Waals surface area contributed by atoms with Crippen molar-refractivity contribution in [2.24, 2.45) is 4.99 Å². The van der Waals surface area contributed by atoms with Gasteiger partial charge in [0.1, 0.15) is 29.6 Å². The summed E-state index contributed by atoms with van der Waals surface area (Å²) in [6, 6.07) is 4.58. The minimum absolute atomic E-state index is 0.00923. The van der Waals surface area contributed by atoms with Crippen molar-refractivity contribution in [1.82, 2.24) is 30.2 Å². The number of allylic oxidation sites excluding steroid dienone is 3. The highest BCUT2D eigenvalue weighted by molar-refractivity contribution is 6.07. The van der Waals surface area contributed by atoms with E-state index in [1.807, 2.05) is 12.1 Å². The number of nitrogens with one attached hydrogen (secondary N) is 1. The Morgan fingerprint density at radius 3 is 1.62 bits per heavy atom. The SMILES string of the molecule is N#CC1=CC2=N/C(=C(\C#N)c3nc(-c4nc5c(F)c(F)c(F)c(F)c5o4)nc(-c4nc5c(F)c(F)c(F)c(F)c5o4)n3)NC2C=C1C#N. The van der Waals surface area contributed by atoms with Gasteiger partial charge in [0.25, 0.3) is 11.8 Å². The van der Waals surface area contributed by atoms with Crippen LogP contribution >= 0.6 is 0 Å². The zero-order valence-electron chi connectivity index (χ0n) is 22.6. The van der Waals surface area contributed by atoms with Gasteiger partial charge in [0.15, 0.2) is 51.3 Å². The van der Waals surface area contributed by atoms with Crippen LogP contribution < -0.4 is 5.32 Å². The first-order valence-electron chi connectivity index (χ1n) is 12.7. The highest BCUT2D eigenvalue weighted by Crippen LogP contribution is 2.34. The summed E-state index contributed by atoms with van der Waals surface area (Å²) in [7, 11) is 0. The average molecular weight is 664 g/mol. The average Bonchev–Trinajstić information content (AvgIpc) is 3.85. The summed E-state index contributed by atoms with van der Waals surface area (Å²) in [5.74, 6) is -21.3. The zero-order valence-corrected chi connectivity index (χ0v) is 22.6. The van der Waals surface area contributed by atoms with Crippen LogP contribution in [0.1, 0.15) is 5.82 Å². The van der Waals surface area contributed by atoms with E-state index < -0.39 is 110 Å². The van der Waals surface area contributed by atoms with E-state index in [0.717, 1.165) is 0 Å². The van der Waals surface area contributed by atoms with Crippen LogP contribution in [0.4, 0.5) is 35.1 Å². The maximum atomic E-state index is 14.5. The third kappa shape index (κ3) is 4.26. The lowest BCUT2D eigenvalue weighted by molar-refractivity contribution is 0.410. The van der Waals surface area contributed by atoms with E-state index in [1.54, 1.807) is 6.07 Å². The van der Waals surface area contributed by atoms with Gasteiger partial charge in [-0.1, -0.05) is 0 Å². The van der Waals surface area contributed by atoms with Gasteiger partial charge in [-0.3, -0.25) is 0 Å². The molecule has 48 heavy (non-hydrogen) atoms. The van der Waals surface area contributed by atoms with Crippen molar-refractivity contribution < 1.29 is 44.0 Å². The van der Waals surface area contributed by atoms with Gasteiger partial charge in [-0.25, -0.2) is 51.3 Å². The molecule has 0 bridgehead atoms. The van der Waals surface area contributed by atoms with Crippen LogP contribution in [0.2, 0.25) is 0 Å². The molecule has 2 aliphatic rings. The number of aliphatic imine (C=N–C) groups is 1. The minimum Gasteiger partial charge on any atom is -0.430 e. The van der Waals surface area contributed by atoms with Gasteiger partial charge in [0, 0.05) is 0 Å². The Morgan fingerprint density at radius 1 is 0.646 bits per heavy atom. The predicted octanol–water partition coefficient (Wildman–Crippen LogP) is 5.12. The Balaban J connectivity index is 1.47. The first-order chi connectivity index (χ1) is 22.9. The van der Waals surface area contributed by atoms with Crippen LogP contribution in [0.5, 0.6) is 0 Å². The molecule has 3 aromatic heterocycles. The molecular weight excluding hydrogens is 660 g/mol. The molecule has 1 N–H and O–H groups in total. The molecule has 0 saturated carbocycles. The van der Waals surface area contributed by atoms with E-state index >= 15 is 0 Å². The summed E-state index contributed by atoms with van der Waals surface area (Å²) < 4.78 is 123. The monoisotopic (exact) mass is 664 g/mol. The largest absolute Gasteiger partial charge is 0.430 e. The topological polar surface area (TPSA) is 186 Å². The highest BCUT2D eigenvalue weighted by atomic mass is 19.2. The van der Waals surface area contributed by atoms with Crippen molar-refractivity contribution in [2.45, 2.75) is 6.04 Å². The summed E-state index contributed by atoms with van der Waals surface area (Å²) in [4.78, 5) is 23.1. The van der Waals surface area contributed by atoms with Gasteiger partial charge in [0.05, 0.1) is 22.9 Å². The van der Waals surface area contributed by atoms with E-state index in [9.17, 15) is 50.9 Å². The number of fused-ring (bicyclic) bond motifs is 3. The van der Waals surface area contributed by atoms with Crippen LogP contribution in [-0.2, 0) is 0 Å². The Bertz CT molecular complexity index is 2380. The molecule has 0 radical (unpaired) electrons. The molecule has 5 aromatic rings. The third-order valence-corrected chi connectivity index (χ3v) is 6.82. The smallest absolute Gasteiger partial charge is 0.266 e. The van der Waals surface area contributed by atoms with Gasteiger partial charge in [0.2, 0.25) is 34.9 Å². The van der Waals surface area contributed by atoms with E-state index in [4.69, 9.17) is 8.83 Å². The molecule has 1 aliphatic heterocycles. The van der Waals surface area contributed by atoms with Crippen LogP contribution in [-0.4, -0.2) is 36.7 Å². The van der Waals surface area contributed by atoms with Crippen LogP contribution in [0.25, 0.3) is 51.2 Å². The zero-order chi connectivity index (χ0) is 34.2. The van der Waals surface area contributed by atoms with Crippen molar-refractivity contribution in [2.75, 3.05) is 0 Å². The van der Waals surface area contributed by atoms with Gasteiger partial charge in [-0.15, -0.1) is 0 Å².